The van der Waals surface area contributed by atoms with E-state index in [-0.39, 0.29) is 0 Å². The fraction of sp³-hybridized carbons (Fsp3) is 0. The standard InChI is InChI=1S/C6H5.Hg.HNO2/c1-2-4-6-5-3-1;;2-1-3/h1-5H;;(H,2,3)/q;+1;/p-1. The van der Waals surface area contributed by atoms with Gasteiger partial charge in [0.25, 0.3) is 0 Å². The van der Waals surface area contributed by atoms with E-state index in [1.165, 1.54) is 3.07 Å². The molecule has 0 aliphatic rings. The van der Waals surface area contributed by atoms with Gasteiger partial charge in [-0.2, -0.15) is 0 Å². The molecule has 0 radical (unpaired) electrons. The van der Waals surface area contributed by atoms with Crippen LogP contribution in [0.3, 0.4) is 0 Å². The third-order valence-electron chi connectivity index (χ3n) is 1.13. The van der Waals surface area contributed by atoms with Gasteiger partial charge < -0.3 is 0 Å². The molecule has 0 heterocycles. The molecule has 1 aromatic carbocycles. The van der Waals surface area contributed by atoms with Crippen LogP contribution in [-0.2, 0) is 27.8 Å². The zero-order valence-electron chi connectivity index (χ0n) is 5.36. The molecule has 0 saturated carbocycles. The Morgan fingerprint density at radius 1 is 1.30 bits per heavy atom. The van der Waals surface area contributed by atoms with Crippen LogP contribution in [0.4, 0.5) is 0 Å². The summed E-state index contributed by atoms with van der Waals surface area (Å²) >= 11 is -1.58. The maximum atomic E-state index is 9.56. The van der Waals surface area contributed by atoms with Crippen molar-refractivity contribution in [2.24, 2.45) is 5.34 Å². The summed E-state index contributed by atoms with van der Waals surface area (Å²) in [6, 6.07) is 9.73. The Bertz CT molecular complexity index is 202. The van der Waals surface area contributed by atoms with E-state index in [4.69, 9.17) is 0 Å². The van der Waals surface area contributed by atoms with Crippen molar-refractivity contribution in [3.63, 3.8) is 0 Å². The second-order valence-electron chi connectivity index (χ2n) is 1.83. The molecule has 0 atom stereocenters. The fourth-order valence-electron chi connectivity index (χ4n) is 0.675. The van der Waals surface area contributed by atoms with Crippen molar-refractivity contribution >= 4 is 3.07 Å². The van der Waals surface area contributed by atoms with Crippen LogP contribution in [0.1, 0.15) is 0 Å². The van der Waals surface area contributed by atoms with Gasteiger partial charge in [-0.25, -0.2) is 0 Å². The number of rotatable bonds is 3. The van der Waals surface area contributed by atoms with Gasteiger partial charge in [0.2, 0.25) is 0 Å². The van der Waals surface area contributed by atoms with Gasteiger partial charge in [0.05, 0.1) is 0 Å². The predicted octanol–water partition coefficient (Wildman–Crippen LogP) is 1.01. The van der Waals surface area contributed by atoms with Crippen molar-refractivity contribution in [3.8, 4) is 0 Å². The summed E-state index contributed by atoms with van der Waals surface area (Å²) in [6.45, 7) is 0. The van der Waals surface area contributed by atoms with Crippen molar-refractivity contribution in [1.29, 1.82) is 0 Å². The molecule has 3 nitrogen and oxygen atoms in total. The molecule has 0 amide bonds. The van der Waals surface area contributed by atoms with Crippen molar-refractivity contribution in [2.45, 2.75) is 0 Å². The first-order valence-corrected chi connectivity index (χ1v) is 7.91. The number of nitrogens with zero attached hydrogens (tertiary/aromatic N) is 1. The van der Waals surface area contributed by atoms with Crippen LogP contribution >= 0.6 is 0 Å². The van der Waals surface area contributed by atoms with E-state index in [1.807, 2.05) is 30.3 Å². The Morgan fingerprint density at radius 3 is 2.60 bits per heavy atom. The molecule has 0 aliphatic heterocycles. The van der Waals surface area contributed by atoms with E-state index in [9.17, 15) is 4.91 Å². The zero-order valence-corrected chi connectivity index (χ0v) is 10.9. The van der Waals surface area contributed by atoms with Gasteiger partial charge in [0, 0.05) is 0 Å². The van der Waals surface area contributed by atoms with E-state index in [0.29, 0.717) is 0 Å². The summed E-state index contributed by atoms with van der Waals surface area (Å²) in [5.41, 5.74) is 0. The van der Waals surface area contributed by atoms with Crippen LogP contribution < -0.4 is 3.07 Å². The van der Waals surface area contributed by atoms with Crippen molar-refractivity contribution in [1.82, 2.24) is 0 Å². The Balaban J connectivity index is 2.50. The van der Waals surface area contributed by atoms with Gasteiger partial charge in [-0.05, 0) is 0 Å². The molecule has 0 unspecified atom stereocenters. The minimum absolute atomic E-state index is 1.17. The summed E-state index contributed by atoms with van der Waals surface area (Å²) in [7, 11) is 0. The molecule has 0 aliphatic carbocycles. The SMILES string of the molecule is O=N[O][Hg][c]1ccccc1. The van der Waals surface area contributed by atoms with Gasteiger partial charge in [-0.15, -0.1) is 0 Å². The van der Waals surface area contributed by atoms with E-state index in [2.05, 4.69) is 8.09 Å². The molecule has 0 fully saturated rings. The van der Waals surface area contributed by atoms with Crippen LogP contribution in [0.5, 0.6) is 0 Å². The average molecular weight is 324 g/mol. The molecule has 0 bridgehead atoms. The summed E-state index contributed by atoms with van der Waals surface area (Å²) < 4.78 is 5.68. The molecule has 1 rings (SSSR count). The van der Waals surface area contributed by atoms with E-state index >= 15 is 0 Å². The number of hydrogen-bond acceptors (Lipinski definition) is 3. The van der Waals surface area contributed by atoms with Gasteiger partial charge >= 0.3 is 71.4 Å². The molecule has 0 saturated heterocycles. The second kappa shape index (κ2) is 4.38. The van der Waals surface area contributed by atoms with Gasteiger partial charge in [-0.3, -0.25) is 0 Å². The van der Waals surface area contributed by atoms with E-state index in [1.54, 1.807) is 0 Å². The minimum atomic E-state index is -1.58. The fourth-order valence-corrected chi connectivity index (χ4v) is 3.27. The molecular formula is C6H5HgNO2. The molecule has 1 aromatic rings. The molecule has 0 N–H and O–H groups in total. The summed E-state index contributed by atoms with van der Waals surface area (Å²) in [4.78, 5) is 9.56. The molecule has 10 heavy (non-hydrogen) atoms. The van der Waals surface area contributed by atoms with Gasteiger partial charge in [-0.1, -0.05) is 0 Å². The topological polar surface area (TPSA) is 38.7 Å². The Morgan fingerprint density at radius 2 is 2.00 bits per heavy atom. The van der Waals surface area contributed by atoms with Gasteiger partial charge in [0.1, 0.15) is 0 Å². The quantitative estimate of drug-likeness (QED) is 0.473. The van der Waals surface area contributed by atoms with Crippen molar-refractivity contribution in [3.05, 3.63) is 35.2 Å². The molecule has 0 aromatic heterocycles. The monoisotopic (exact) mass is 325 g/mol. The first-order chi connectivity index (χ1) is 4.93. The van der Waals surface area contributed by atoms with E-state index < -0.39 is 25.0 Å². The maximum absolute atomic E-state index is 9.56. The van der Waals surface area contributed by atoms with Crippen LogP contribution in [0, 0.1) is 4.91 Å². The van der Waals surface area contributed by atoms with Crippen LogP contribution in [0.25, 0.3) is 0 Å². The Kier molecular flexibility index (Phi) is 3.36. The van der Waals surface area contributed by atoms with Crippen molar-refractivity contribution < 1.29 is 27.8 Å². The molecule has 48 valence electrons. The molecular weight excluding hydrogens is 319 g/mol. The average Bonchev–Trinajstić information content (AvgIpc) is 2.03. The Labute approximate surface area is 71.4 Å². The first kappa shape index (κ1) is 7.66. The predicted molar refractivity (Wildman–Crippen MR) is 33.0 cm³/mol. The van der Waals surface area contributed by atoms with Crippen molar-refractivity contribution in [2.75, 3.05) is 0 Å². The van der Waals surface area contributed by atoms with Gasteiger partial charge in [0.15, 0.2) is 0 Å². The molecule has 4 heteroatoms. The normalized spacial score (nSPS) is 8.00. The number of hydrogen-bond donors (Lipinski definition) is 0. The second-order valence-corrected chi connectivity index (χ2v) is 7.13. The van der Waals surface area contributed by atoms with E-state index in [0.717, 1.165) is 0 Å². The summed E-state index contributed by atoms with van der Waals surface area (Å²) in [5, 5.41) is 2.38. The van der Waals surface area contributed by atoms with Crippen LogP contribution in [0.15, 0.2) is 35.7 Å². The Hall–Kier alpha value is -0.445. The first-order valence-electron chi connectivity index (χ1n) is 2.92. The van der Waals surface area contributed by atoms with Crippen LogP contribution in [0.2, 0.25) is 0 Å². The number of benzene rings is 1. The zero-order chi connectivity index (χ0) is 7.23. The molecule has 0 spiro atoms. The third kappa shape index (κ3) is 2.43. The summed E-state index contributed by atoms with van der Waals surface area (Å²) in [5.74, 6) is 0. The third-order valence-corrected chi connectivity index (χ3v) is 5.17. The summed E-state index contributed by atoms with van der Waals surface area (Å²) in [6.07, 6.45) is 0. The van der Waals surface area contributed by atoms with Crippen LogP contribution in [-0.4, -0.2) is 0 Å².